The Morgan fingerprint density at radius 2 is 1.64 bits per heavy atom. The molecule has 1 fully saturated rings. The van der Waals surface area contributed by atoms with Crippen LogP contribution in [0.3, 0.4) is 0 Å². The minimum absolute atomic E-state index is 0.181. The fourth-order valence-electron chi connectivity index (χ4n) is 2.21. The molecule has 0 bridgehead atoms. The predicted molar refractivity (Wildman–Crippen MR) is 58.6 cm³/mol. The van der Waals surface area contributed by atoms with E-state index in [0.717, 1.165) is 37.5 Å². The lowest BCUT2D eigenvalue weighted by molar-refractivity contribution is 0.252. The summed E-state index contributed by atoms with van der Waals surface area (Å²) in [6.45, 7) is 4.49. The van der Waals surface area contributed by atoms with Gasteiger partial charge in [0.2, 0.25) is 10.0 Å². The van der Waals surface area contributed by atoms with Gasteiger partial charge >= 0.3 is 0 Å². The minimum Gasteiger partial charge on any atom is -0.213 e. The zero-order valence-electron chi connectivity index (χ0n) is 9.29. The monoisotopic (exact) mass is 219 g/mol. The van der Waals surface area contributed by atoms with Crippen molar-refractivity contribution < 1.29 is 8.42 Å². The van der Waals surface area contributed by atoms with Gasteiger partial charge in [0.15, 0.2) is 0 Å². The fourth-order valence-corrected chi connectivity index (χ4v) is 3.05. The smallest absolute Gasteiger partial charge is 0.208 e. The van der Waals surface area contributed by atoms with Crippen molar-refractivity contribution >= 4 is 10.0 Å². The lowest BCUT2D eigenvalue weighted by atomic mass is 9.80. The molecular weight excluding hydrogens is 198 g/mol. The predicted octanol–water partition coefficient (Wildman–Crippen LogP) is 1.75. The van der Waals surface area contributed by atoms with Gasteiger partial charge in [-0.15, -0.1) is 0 Å². The normalized spacial score (nSPS) is 29.4. The van der Waals surface area contributed by atoms with Crippen molar-refractivity contribution in [2.45, 2.75) is 45.6 Å². The summed E-state index contributed by atoms with van der Waals surface area (Å²) in [6.07, 6.45) is 5.54. The third-order valence-electron chi connectivity index (χ3n) is 3.10. The third-order valence-corrected chi connectivity index (χ3v) is 3.86. The van der Waals surface area contributed by atoms with E-state index in [1.165, 1.54) is 6.26 Å². The van der Waals surface area contributed by atoms with Gasteiger partial charge < -0.3 is 0 Å². The first-order valence-corrected chi connectivity index (χ1v) is 7.25. The van der Waals surface area contributed by atoms with E-state index in [2.05, 4.69) is 18.6 Å². The van der Waals surface area contributed by atoms with E-state index >= 15 is 0 Å². The summed E-state index contributed by atoms with van der Waals surface area (Å²) in [5, 5.41) is 0. The van der Waals surface area contributed by atoms with Crippen LogP contribution in [0.25, 0.3) is 0 Å². The molecule has 0 aromatic carbocycles. The van der Waals surface area contributed by atoms with Crippen molar-refractivity contribution in [3.8, 4) is 0 Å². The Labute approximate surface area is 87.3 Å². The summed E-state index contributed by atoms with van der Waals surface area (Å²) < 4.78 is 24.7. The maximum absolute atomic E-state index is 11.0. The van der Waals surface area contributed by atoms with Crippen molar-refractivity contribution in [1.29, 1.82) is 0 Å². The minimum atomic E-state index is -3.01. The van der Waals surface area contributed by atoms with Crippen molar-refractivity contribution in [2.75, 3.05) is 6.26 Å². The molecule has 0 heterocycles. The number of nitrogens with one attached hydrogen (secondary N) is 1. The maximum atomic E-state index is 11.0. The molecule has 0 aromatic heterocycles. The molecule has 0 spiro atoms. The molecule has 1 saturated carbocycles. The number of rotatable bonds is 3. The van der Waals surface area contributed by atoms with Gasteiger partial charge in [-0.05, 0) is 37.5 Å². The molecule has 0 saturated heterocycles. The van der Waals surface area contributed by atoms with E-state index in [1.54, 1.807) is 0 Å². The fraction of sp³-hybridized carbons (Fsp3) is 1.00. The average molecular weight is 219 g/mol. The van der Waals surface area contributed by atoms with E-state index in [-0.39, 0.29) is 6.04 Å². The largest absolute Gasteiger partial charge is 0.213 e. The second kappa shape index (κ2) is 4.62. The van der Waals surface area contributed by atoms with Gasteiger partial charge in [0.1, 0.15) is 0 Å². The van der Waals surface area contributed by atoms with E-state index in [9.17, 15) is 8.42 Å². The van der Waals surface area contributed by atoms with Gasteiger partial charge in [-0.2, -0.15) is 0 Å². The summed E-state index contributed by atoms with van der Waals surface area (Å²) in [6, 6.07) is 0.181. The zero-order valence-corrected chi connectivity index (χ0v) is 10.1. The molecule has 3 nitrogen and oxygen atoms in total. The quantitative estimate of drug-likeness (QED) is 0.786. The summed E-state index contributed by atoms with van der Waals surface area (Å²) in [5.41, 5.74) is 0. The Balaban J connectivity index is 2.36. The lowest BCUT2D eigenvalue weighted by Gasteiger charge is -2.30. The molecule has 1 N–H and O–H groups in total. The van der Waals surface area contributed by atoms with Crippen LogP contribution in [0.15, 0.2) is 0 Å². The first kappa shape index (κ1) is 12.0. The highest BCUT2D eigenvalue weighted by Gasteiger charge is 2.24. The zero-order chi connectivity index (χ0) is 10.8. The Bertz CT molecular complexity index is 264. The second-order valence-electron chi connectivity index (χ2n) is 4.75. The van der Waals surface area contributed by atoms with Crippen LogP contribution in [0, 0.1) is 11.8 Å². The van der Waals surface area contributed by atoms with Crippen LogP contribution in [-0.2, 0) is 10.0 Å². The Kier molecular flexibility index (Phi) is 3.95. The summed E-state index contributed by atoms with van der Waals surface area (Å²) in [7, 11) is -3.01. The Morgan fingerprint density at radius 1 is 1.14 bits per heavy atom. The molecule has 1 rings (SSSR count). The van der Waals surface area contributed by atoms with Gasteiger partial charge in [-0.25, -0.2) is 13.1 Å². The topological polar surface area (TPSA) is 46.2 Å². The van der Waals surface area contributed by atoms with Gasteiger partial charge in [-0.3, -0.25) is 0 Å². The van der Waals surface area contributed by atoms with Crippen LogP contribution >= 0.6 is 0 Å². The molecule has 1 aliphatic carbocycles. The first-order chi connectivity index (χ1) is 6.38. The molecule has 0 amide bonds. The van der Waals surface area contributed by atoms with Crippen molar-refractivity contribution in [3.05, 3.63) is 0 Å². The van der Waals surface area contributed by atoms with Gasteiger partial charge in [-0.1, -0.05) is 13.8 Å². The molecule has 0 radical (unpaired) electrons. The molecule has 0 aromatic rings. The molecule has 4 heteroatoms. The molecule has 1 aliphatic rings. The Hall–Kier alpha value is -0.0900. The van der Waals surface area contributed by atoms with Crippen LogP contribution in [0.2, 0.25) is 0 Å². The molecule has 14 heavy (non-hydrogen) atoms. The van der Waals surface area contributed by atoms with Crippen LogP contribution in [-0.4, -0.2) is 20.7 Å². The van der Waals surface area contributed by atoms with Crippen LogP contribution in [0.1, 0.15) is 39.5 Å². The number of sulfonamides is 1. The van der Waals surface area contributed by atoms with Crippen LogP contribution < -0.4 is 4.72 Å². The van der Waals surface area contributed by atoms with E-state index in [4.69, 9.17) is 0 Å². The van der Waals surface area contributed by atoms with Gasteiger partial charge in [0.25, 0.3) is 0 Å². The number of hydrogen-bond donors (Lipinski definition) is 1. The third kappa shape index (κ3) is 3.96. The van der Waals surface area contributed by atoms with Crippen LogP contribution in [0.5, 0.6) is 0 Å². The van der Waals surface area contributed by atoms with Crippen LogP contribution in [0.4, 0.5) is 0 Å². The van der Waals surface area contributed by atoms with Crippen molar-refractivity contribution in [2.24, 2.45) is 11.8 Å². The van der Waals surface area contributed by atoms with Gasteiger partial charge in [0.05, 0.1) is 6.26 Å². The molecule has 0 unspecified atom stereocenters. The highest BCUT2D eigenvalue weighted by molar-refractivity contribution is 7.88. The van der Waals surface area contributed by atoms with E-state index < -0.39 is 10.0 Å². The first-order valence-electron chi connectivity index (χ1n) is 5.36. The Morgan fingerprint density at radius 3 is 2.00 bits per heavy atom. The second-order valence-corrected chi connectivity index (χ2v) is 6.53. The molecule has 0 aliphatic heterocycles. The summed E-state index contributed by atoms with van der Waals surface area (Å²) >= 11 is 0. The summed E-state index contributed by atoms with van der Waals surface area (Å²) in [5.74, 6) is 1.52. The van der Waals surface area contributed by atoms with Crippen molar-refractivity contribution in [3.63, 3.8) is 0 Å². The lowest BCUT2D eigenvalue weighted by Crippen LogP contribution is -2.37. The molecular formula is C10H21NO2S. The average Bonchev–Trinajstić information content (AvgIpc) is 2.02. The highest BCUT2D eigenvalue weighted by Crippen LogP contribution is 2.29. The summed E-state index contributed by atoms with van der Waals surface area (Å²) in [4.78, 5) is 0. The SMILES string of the molecule is CC(C)[C@H]1CC[C@@H](NS(C)(=O)=O)CC1. The van der Waals surface area contributed by atoms with E-state index in [0.29, 0.717) is 0 Å². The molecule has 0 atom stereocenters. The highest BCUT2D eigenvalue weighted by atomic mass is 32.2. The number of hydrogen-bond acceptors (Lipinski definition) is 2. The van der Waals surface area contributed by atoms with Gasteiger partial charge in [0, 0.05) is 6.04 Å². The maximum Gasteiger partial charge on any atom is 0.208 e. The standard InChI is InChI=1S/C10H21NO2S/c1-8(2)9-4-6-10(7-5-9)11-14(3,12)13/h8-11H,4-7H2,1-3H3/t9-,10+. The molecule has 84 valence electrons. The van der Waals surface area contributed by atoms with E-state index in [1.807, 2.05) is 0 Å². The van der Waals surface area contributed by atoms with Crippen molar-refractivity contribution in [1.82, 2.24) is 4.72 Å².